The van der Waals surface area contributed by atoms with Crippen molar-refractivity contribution in [2.24, 2.45) is 16.7 Å². The second-order valence-electron chi connectivity index (χ2n) is 12.2. The van der Waals surface area contributed by atoms with Gasteiger partial charge in [0.15, 0.2) is 11.4 Å². The first-order valence-corrected chi connectivity index (χ1v) is 13.2. The molecular formula is C29H36O10. The Kier molecular flexibility index (Phi) is 6.40. The molecule has 3 fully saturated rings. The third kappa shape index (κ3) is 3.62. The number of aliphatic hydroxyl groups is 4. The van der Waals surface area contributed by atoms with Crippen LogP contribution in [0.2, 0.25) is 0 Å². The van der Waals surface area contributed by atoms with Gasteiger partial charge in [-0.3, -0.25) is 9.59 Å². The van der Waals surface area contributed by atoms with Crippen molar-refractivity contribution in [1.82, 2.24) is 0 Å². The van der Waals surface area contributed by atoms with Gasteiger partial charge in [0.25, 0.3) is 0 Å². The number of benzene rings is 1. The van der Waals surface area contributed by atoms with Crippen molar-refractivity contribution in [3.05, 3.63) is 47.0 Å². The van der Waals surface area contributed by atoms with E-state index in [1.807, 2.05) is 0 Å². The molecule has 0 amide bonds. The van der Waals surface area contributed by atoms with E-state index in [1.165, 1.54) is 26.0 Å². The van der Waals surface area contributed by atoms with Gasteiger partial charge in [0, 0.05) is 25.2 Å². The normalized spacial score (nSPS) is 42.7. The van der Waals surface area contributed by atoms with Gasteiger partial charge in [0.1, 0.15) is 23.9 Å². The van der Waals surface area contributed by atoms with Crippen molar-refractivity contribution in [3.63, 3.8) is 0 Å². The van der Waals surface area contributed by atoms with Crippen LogP contribution in [-0.4, -0.2) is 86.5 Å². The number of ketones is 1. The summed E-state index contributed by atoms with van der Waals surface area (Å²) in [5.74, 6) is -3.60. The Morgan fingerprint density at radius 3 is 2.28 bits per heavy atom. The highest BCUT2D eigenvalue weighted by Crippen LogP contribution is 2.63. The predicted molar refractivity (Wildman–Crippen MR) is 135 cm³/mol. The van der Waals surface area contributed by atoms with Gasteiger partial charge in [-0.15, -0.1) is 0 Å². The molecule has 10 nitrogen and oxygen atoms in total. The summed E-state index contributed by atoms with van der Waals surface area (Å²) in [4.78, 5) is 40.3. The van der Waals surface area contributed by atoms with E-state index in [9.17, 15) is 34.8 Å². The fourth-order valence-corrected chi connectivity index (χ4v) is 7.66. The van der Waals surface area contributed by atoms with Crippen LogP contribution < -0.4 is 0 Å². The zero-order chi connectivity index (χ0) is 28.7. The summed E-state index contributed by atoms with van der Waals surface area (Å²) in [6.45, 7) is 7.29. The summed E-state index contributed by atoms with van der Waals surface area (Å²) >= 11 is 0. The molecule has 39 heavy (non-hydrogen) atoms. The van der Waals surface area contributed by atoms with Gasteiger partial charge >= 0.3 is 11.9 Å². The summed E-state index contributed by atoms with van der Waals surface area (Å²) in [7, 11) is 0. The minimum Gasteiger partial charge on any atom is -0.455 e. The fraction of sp³-hybridized carbons (Fsp3) is 0.621. The Bertz CT molecular complexity index is 1240. The van der Waals surface area contributed by atoms with E-state index in [0.29, 0.717) is 5.57 Å². The molecule has 4 N–H and O–H groups in total. The van der Waals surface area contributed by atoms with Gasteiger partial charge in [-0.1, -0.05) is 32.0 Å². The van der Waals surface area contributed by atoms with Crippen LogP contribution in [0, 0.1) is 16.7 Å². The lowest BCUT2D eigenvalue weighted by atomic mass is 9.44. The quantitative estimate of drug-likeness (QED) is 0.320. The van der Waals surface area contributed by atoms with Gasteiger partial charge in [0.2, 0.25) is 0 Å². The van der Waals surface area contributed by atoms with Gasteiger partial charge in [-0.2, -0.15) is 0 Å². The number of carbonyl (C=O) groups is 3. The van der Waals surface area contributed by atoms with Crippen molar-refractivity contribution in [1.29, 1.82) is 0 Å². The van der Waals surface area contributed by atoms with E-state index in [-0.39, 0.29) is 30.6 Å². The SMILES string of the molecule is CC(=O)O[C@]12CO[C@@H]1C[C@H](O)[C@]1(C)C(=O)[C@H](O)C3=C(C)[C@H](O)C[C@@](O)([C@@H](OC(=O)c4ccccc4)[C@H]21)C3(C)C. The first-order valence-electron chi connectivity index (χ1n) is 13.2. The largest absolute Gasteiger partial charge is 0.455 e. The molecule has 1 aromatic carbocycles. The van der Waals surface area contributed by atoms with Gasteiger partial charge < -0.3 is 34.6 Å². The summed E-state index contributed by atoms with van der Waals surface area (Å²) in [5.41, 5.74) is -6.24. The van der Waals surface area contributed by atoms with E-state index < -0.39 is 76.2 Å². The van der Waals surface area contributed by atoms with E-state index in [0.717, 1.165) is 0 Å². The molecule has 1 saturated heterocycles. The lowest BCUT2D eigenvalue weighted by Crippen LogP contribution is -2.81. The standard InChI is InChI=1S/C29H36O10/c1-14-17(31)12-29(36)24(38-25(35)16-9-7-6-8-10-16)22-27(5,23(34)21(33)20(14)26(29,3)4)18(32)11-19-28(22,13-37-19)39-15(2)30/h6-10,17-19,21-22,24,31-33,36H,11-13H2,1-5H3/t17-,18+,19-,21-,22+,24+,27+,28-,29-/m1/s1. The highest BCUT2D eigenvalue weighted by molar-refractivity contribution is 5.94. The van der Waals surface area contributed by atoms with E-state index in [1.54, 1.807) is 39.0 Å². The van der Waals surface area contributed by atoms with Crippen LogP contribution in [0.25, 0.3) is 0 Å². The van der Waals surface area contributed by atoms with Crippen LogP contribution >= 0.6 is 0 Å². The van der Waals surface area contributed by atoms with Crippen LogP contribution in [0.5, 0.6) is 0 Å². The Balaban J connectivity index is 1.81. The van der Waals surface area contributed by atoms with Crippen molar-refractivity contribution in [3.8, 4) is 0 Å². The molecule has 0 spiro atoms. The molecule has 1 aliphatic heterocycles. The molecule has 1 aromatic rings. The fourth-order valence-electron chi connectivity index (χ4n) is 7.66. The average Bonchev–Trinajstić information content (AvgIpc) is 2.87. The van der Waals surface area contributed by atoms with E-state index >= 15 is 0 Å². The van der Waals surface area contributed by atoms with Crippen molar-refractivity contribution in [2.75, 3.05) is 6.61 Å². The minimum atomic E-state index is -2.07. The zero-order valence-electron chi connectivity index (χ0n) is 22.7. The number of Topliss-reactive ketones (excluding diaryl/α,β-unsaturated/α-hetero) is 1. The second kappa shape index (κ2) is 8.94. The molecule has 0 unspecified atom stereocenters. The molecule has 9 atom stereocenters. The second-order valence-corrected chi connectivity index (χ2v) is 12.2. The maximum Gasteiger partial charge on any atom is 0.338 e. The minimum absolute atomic E-state index is 0.0828. The zero-order valence-corrected chi connectivity index (χ0v) is 22.7. The topological polar surface area (TPSA) is 160 Å². The molecular weight excluding hydrogens is 508 g/mol. The third-order valence-corrected chi connectivity index (χ3v) is 9.95. The Hall–Kier alpha value is -2.63. The number of ether oxygens (including phenoxy) is 3. The number of hydrogen-bond donors (Lipinski definition) is 4. The summed E-state index contributed by atoms with van der Waals surface area (Å²) < 4.78 is 17.7. The van der Waals surface area contributed by atoms with Gasteiger partial charge in [-0.05, 0) is 37.1 Å². The molecule has 1 heterocycles. The molecule has 212 valence electrons. The summed E-state index contributed by atoms with van der Waals surface area (Å²) in [5, 5.41) is 46.7. The van der Waals surface area contributed by atoms with Crippen molar-refractivity contribution < 1.29 is 49.0 Å². The Morgan fingerprint density at radius 2 is 1.72 bits per heavy atom. The molecule has 3 aliphatic carbocycles. The number of hydrogen-bond acceptors (Lipinski definition) is 10. The highest BCUT2D eigenvalue weighted by Gasteiger charge is 2.77. The van der Waals surface area contributed by atoms with E-state index in [2.05, 4.69) is 0 Å². The molecule has 0 aromatic heterocycles. The summed E-state index contributed by atoms with van der Waals surface area (Å²) in [6.07, 6.45) is -7.26. The number of fused-ring (bicyclic) bond motifs is 5. The van der Waals surface area contributed by atoms with Crippen molar-refractivity contribution >= 4 is 17.7 Å². The summed E-state index contributed by atoms with van der Waals surface area (Å²) in [6, 6.07) is 8.08. The monoisotopic (exact) mass is 544 g/mol. The lowest BCUT2D eigenvalue weighted by molar-refractivity contribution is -0.345. The molecule has 5 rings (SSSR count). The van der Waals surface area contributed by atoms with Crippen LogP contribution in [0.4, 0.5) is 0 Å². The van der Waals surface area contributed by atoms with Crippen LogP contribution in [0.3, 0.4) is 0 Å². The molecule has 10 heteroatoms. The third-order valence-electron chi connectivity index (χ3n) is 9.95. The lowest BCUT2D eigenvalue weighted by Gasteiger charge is -2.67. The van der Waals surface area contributed by atoms with Crippen molar-refractivity contribution in [2.45, 2.75) is 89.2 Å². The van der Waals surface area contributed by atoms with Crippen LogP contribution in [0.15, 0.2) is 41.5 Å². The van der Waals surface area contributed by atoms with E-state index in [4.69, 9.17) is 14.2 Å². The molecule has 2 bridgehead atoms. The van der Waals surface area contributed by atoms with Gasteiger partial charge in [-0.25, -0.2) is 4.79 Å². The number of carbonyl (C=O) groups excluding carboxylic acids is 3. The first-order chi connectivity index (χ1) is 18.1. The number of rotatable bonds is 3. The smallest absolute Gasteiger partial charge is 0.338 e. The molecule has 0 radical (unpaired) electrons. The Labute approximate surface area is 226 Å². The maximum absolute atomic E-state index is 14.3. The number of esters is 2. The molecule has 2 saturated carbocycles. The molecule has 4 aliphatic rings. The predicted octanol–water partition coefficient (Wildman–Crippen LogP) is 1.08. The first kappa shape index (κ1) is 27.9. The van der Waals surface area contributed by atoms with Crippen LogP contribution in [-0.2, 0) is 23.8 Å². The maximum atomic E-state index is 14.3. The highest BCUT2D eigenvalue weighted by atomic mass is 16.6. The van der Waals surface area contributed by atoms with Crippen LogP contribution in [0.1, 0.15) is 57.8 Å². The average molecular weight is 545 g/mol. The number of aliphatic hydroxyl groups excluding tert-OH is 3. The van der Waals surface area contributed by atoms with Gasteiger partial charge in [0.05, 0.1) is 35.7 Å². The Morgan fingerprint density at radius 1 is 1.08 bits per heavy atom.